The second-order valence-electron chi connectivity index (χ2n) is 8.15. The molecule has 198 valence electrons. The lowest BCUT2D eigenvalue weighted by Crippen LogP contribution is -2.34. The molecular formula is C24H28ClN5O7. The number of rotatable bonds is 6. The number of methoxy groups -OCH3 is 1. The van der Waals surface area contributed by atoms with Crippen LogP contribution in [0.15, 0.2) is 51.7 Å². The molecule has 0 atom stereocenters. The lowest BCUT2D eigenvalue weighted by atomic mass is 10.1. The van der Waals surface area contributed by atoms with Gasteiger partial charge in [-0.1, -0.05) is 41.9 Å². The van der Waals surface area contributed by atoms with Crippen molar-refractivity contribution in [2.24, 2.45) is 11.5 Å². The van der Waals surface area contributed by atoms with Gasteiger partial charge in [0.05, 0.1) is 23.7 Å². The Morgan fingerprint density at radius 2 is 1.78 bits per heavy atom. The van der Waals surface area contributed by atoms with Crippen LogP contribution in [0.4, 0.5) is 9.59 Å². The standard InChI is InChI=1S/C16H19ClN4O5.C8H9NO2/c1-20-5-3-9(4-6-20)21-16(23)26-14(19-21)10-7-11(17)13(25-15(18)22)8-12(10)24-2;9-8(10)11-6-7-4-2-1-3-5-7/h7-9H,3-6H2,1-2H3,(H2,18,22);1-5H,6H2,(H2,9,10). The van der Waals surface area contributed by atoms with Crippen LogP contribution >= 0.6 is 11.6 Å². The first-order valence-electron chi connectivity index (χ1n) is 11.3. The van der Waals surface area contributed by atoms with Gasteiger partial charge >= 0.3 is 17.9 Å². The van der Waals surface area contributed by atoms with Crippen molar-refractivity contribution >= 4 is 23.8 Å². The number of ether oxygens (including phenoxy) is 3. The molecule has 0 spiro atoms. The van der Waals surface area contributed by atoms with Crippen molar-refractivity contribution in [3.05, 3.63) is 63.6 Å². The minimum Gasteiger partial charge on any atom is -0.496 e. The van der Waals surface area contributed by atoms with Crippen LogP contribution in [-0.2, 0) is 11.3 Å². The Labute approximate surface area is 217 Å². The summed E-state index contributed by atoms with van der Waals surface area (Å²) in [4.78, 5) is 35.6. The summed E-state index contributed by atoms with van der Waals surface area (Å²) in [5.74, 6) is -0.136. The average molecular weight is 534 g/mol. The highest BCUT2D eigenvalue weighted by molar-refractivity contribution is 6.32. The summed E-state index contributed by atoms with van der Waals surface area (Å²) in [5.41, 5.74) is 11.1. The molecule has 0 aliphatic carbocycles. The third-order valence-corrected chi connectivity index (χ3v) is 5.82. The molecule has 13 heteroatoms. The van der Waals surface area contributed by atoms with Crippen molar-refractivity contribution in [2.45, 2.75) is 25.5 Å². The zero-order valence-electron chi connectivity index (χ0n) is 20.4. The molecule has 37 heavy (non-hydrogen) atoms. The van der Waals surface area contributed by atoms with Crippen LogP contribution in [0.2, 0.25) is 5.02 Å². The minimum atomic E-state index is -1.00. The third kappa shape index (κ3) is 7.72. The summed E-state index contributed by atoms with van der Waals surface area (Å²) in [6.07, 6.45) is -0.120. The van der Waals surface area contributed by atoms with E-state index in [2.05, 4.69) is 14.7 Å². The van der Waals surface area contributed by atoms with Gasteiger partial charge in [-0.25, -0.2) is 14.4 Å². The van der Waals surface area contributed by atoms with E-state index in [9.17, 15) is 14.4 Å². The zero-order valence-corrected chi connectivity index (χ0v) is 21.1. The summed E-state index contributed by atoms with van der Waals surface area (Å²) in [7, 11) is 3.46. The van der Waals surface area contributed by atoms with E-state index < -0.39 is 17.9 Å². The molecule has 12 nitrogen and oxygen atoms in total. The summed E-state index contributed by atoms with van der Waals surface area (Å²) in [6, 6.07) is 12.2. The van der Waals surface area contributed by atoms with Crippen LogP contribution in [0.1, 0.15) is 24.4 Å². The van der Waals surface area contributed by atoms with Gasteiger partial charge in [-0.05, 0) is 44.6 Å². The SMILES string of the molecule is COc1cc(OC(N)=O)c(Cl)cc1-c1nn(C2CCN(C)CC2)c(=O)o1.NC(=O)OCc1ccccc1. The molecule has 0 radical (unpaired) electrons. The van der Waals surface area contributed by atoms with Crippen molar-refractivity contribution in [3.63, 3.8) is 0 Å². The zero-order chi connectivity index (χ0) is 26.9. The van der Waals surface area contributed by atoms with Crippen molar-refractivity contribution in [3.8, 4) is 23.0 Å². The Morgan fingerprint density at radius 1 is 1.11 bits per heavy atom. The van der Waals surface area contributed by atoms with E-state index in [1.165, 1.54) is 23.9 Å². The van der Waals surface area contributed by atoms with Crippen molar-refractivity contribution in [2.75, 3.05) is 27.2 Å². The molecule has 2 heterocycles. The monoisotopic (exact) mass is 533 g/mol. The van der Waals surface area contributed by atoms with Crippen molar-refractivity contribution in [1.82, 2.24) is 14.7 Å². The molecule has 4 rings (SSSR count). The molecule has 1 aliphatic heterocycles. The maximum atomic E-state index is 12.3. The maximum Gasteiger partial charge on any atom is 0.437 e. The predicted octanol–water partition coefficient (Wildman–Crippen LogP) is 3.17. The molecule has 2 aromatic carbocycles. The van der Waals surface area contributed by atoms with Gasteiger partial charge in [0, 0.05) is 6.07 Å². The topological polar surface area (TPSA) is 165 Å². The van der Waals surface area contributed by atoms with Crippen molar-refractivity contribution in [1.29, 1.82) is 0 Å². The van der Waals surface area contributed by atoms with Crippen LogP contribution in [0.3, 0.4) is 0 Å². The second-order valence-corrected chi connectivity index (χ2v) is 8.56. The van der Waals surface area contributed by atoms with Crippen LogP contribution in [0.5, 0.6) is 11.5 Å². The third-order valence-electron chi connectivity index (χ3n) is 5.52. The summed E-state index contributed by atoms with van der Waals surface area (Å²) in [5, 5.41) is 4.42. The fourth-order valence-electron chi connectivity index (χ4n) is 3.65. The number of primary amides is 2. The first-order chi connectivity index (χ1) is 17.7. The first kappa shape index (κ1) is 27.6. The molecular weight excluding hydrogens is 506 g/mol. The number of hydrogen-bond donors (Lipinski definition) is 2. The summed E-state index contributed by atoms with van der Waals surface area (Å²) < 4.78 is 21.3. The van der Waals surface area contributed by atoms with Gasteiger partial charge in [0.1, 0.15) is 12.4 Å². The molecule has 0 saturated carbocycles. The predicted molar refractivity (Wildman–Crippen MR) is 135 cm³/mol. The number of hydrogen-bond acceptors (Lipinski definition) is 9. The number of carbonyl (C=O) groups excluding carboxylic acids is 2. The number of likely N-dealkylation sites (tertiary alicyclic amines) is 1. The Bertz CT molecular complexity index is 1270. The molecule has 1 fully saturated rings. The average Bonchev–Trinajstić information content (AvgIpc) is 3.26. The number of benzene rings is 2. The van der Waals surface area contributed by atoms with E-state index in [1.54, 1.807) is 0 Å². The smallest absolute Gasteiger partial charge is 0.437 e. The summed E-state index contributed by atoms with van der Waals surface area (Å²) >= 11 is 6.12. The van der Waals surface area contributed by atoms with Crippen LogP contribution in [-0.4, -0.2) is 54.1 Å². The number of nitrogens with zero attached hydrogens (tertiary/aromatic N) is 3. The van der Waals surface area contributed by atoms with Gasteiger partial charge in [-0.2, -0.15) is 4.68 Å². The lowest BCUT2D eigenvalue weighted by Gasteiger charge is -2.27. The van der Waals surface area contributed by atoms with E-state index >= 15 is 0 Å². The van der Waals surface area contributed by atoms with E-state index in [0.29, 0.717) is 5.56 Å². The number of nitrogens with two attached hydrogens (primary N) is 2. The highest BCUT2D eigenvalue weighted by Gasteiger charge is 2.25. The van der Waals surface area contributed by atoms with E-state index in [1.807, 2.05) is 37.4 Å². The Balaban J connectivity index is 0.000000289. The van der Waals surface area contributed by atoms with Crippen molar-refractivity contribution < 1.29 is 28.2 Å². The van der Waals surface area contributed by atoms with Gasteiger partial charge in [-0.15, -0.1) is 5.10 Å². The molecule has 3 aromatic rings. The normalized spacial score (nSPS) is 13.8. The van der Waals surface area contributed by atoms with E-state index in [-0.39, 0.29) is 35.1 Å². The van der Waals surface area contributed by atoms with Gasteiger partial charge < -0.3 is 35.0 Å². The van der Waals surface area contributed by atoms with E-state index in [4.69, 9.17) is 37.0 Å². The van der Waals surface area contributed by atoms with E-state index in [0.717, 1.165) is 31.5 Å². The Kier molecular flexibility index (Phi) is 9.52. The number of halogens is 1. The van der Waals surface area contributed by atoms with Crippen LogP contribution in [0.25, 0.3) is 11.5 Å². The van der Waals surface area contributed by atoms with Gasteiger partial charge in [0.2, 0.25) is 0 Å². The number of piperidine rings is 1. The Hall–Kier alpha value is -4.03. The number of amides is 2. The van der Waals surface area contributed by atoms with Gasteiger partial charge in [0.25, 0.3) is 5.89 Å². The number of carbonyl (C=O) groups is 2. The lowest BCUT2D eigenvalue weighted by molar-refractivity contribution is 0.150. The molecule has 1 aliphatic rings. The van der Waals surface area contributed by atoms with Crippen LogP contribution in [0, 0.1) is 0 Å². The minimum absolute atomic E-state index is 0.0184. The molecule has 0 unspecified atom stereocenters. The molecule has 2 amide bonds. The van der Waals surface area contributed by atoms with Crippen LogP contribution < -0.4 is 26.7 Å². The Morgan fingerprint density at radius 3 is 2.38 bits per heavy atom. The fourth-order valence-corrected chi connectivity index (χ4v) is 3.86. The van der Waals surface area contributed by atoms with Gasteiger partial charge in [-0.3, -0.25) is 0 Å². The number of aromatic nitrogens is 2. The summed E-state index contributed by atoms with van der Waals surface area (Å²) in [6.45, 7) is 2.01. The largest absolute Gasteiger partial charge is 0.496 e. The highest BCUT2D eigenvalue weighted by atomic mass is 35.5. The molecule has 1 aromatic heterocycles. The fraction of sp³-hybridized carbons (Fsp3) is 0.333. The first-order valence-corrected chi connectivity index (χ1v) is 11.6. The molecule has 4 N–H and O–H groups in total. The van der Waals surface area contributed by atoms with Gasteiger partial charge in [0.15, 0.2) is 5.75 Å². The molecule has 1 saturated heterocycles. The second kappa shape index (κ2) is 12.8. The quantitative estimate of drug-likeness (QED) is 0.483. The maximum absolute atomic E-state index is 12.3. The highest BCUT2D eigenvalue weighted by Crippen LogP contribution is 2.38. The molecule has 0 bridgehead atoms.